The number of aromatic nitrogens is 1. The van der Waals surface area contributed by atoms with Crippen molar-refractivity contribution in [2.75, 3.05) is 24.2 Å². The Balaban J connectivity index is 1.84. The molecular formula is C29H33N3O3S2. The fourth-order valence-corrected chi connectivity index (χ4v) is 5.94. The fraction of sp³-hybridized carbons (Fsp3) is 0.345. The zero-order chi connectivity index (χ0) is 26.7. The van der Waals surface area contributed by atoms with E-state index in [4.69, 9.17) is 4.74 Å². The molecule has 1 aliphatic rings. The summed E-state index contributed by atoms with van der Waals surface area (Å²) < 4.78 is 7.79. The number of allylic oxidation sites excluding steroid dienone is 1. The molecule has 0 unspecified atom stereocenters. The van der Waals surface area contributed by atoms with Gasteiger partial charge in [-0.2, -0.15) is 0 Å². The second-order valence-electron chi connectivity index (χ2n) is 9.07. The number of hydrogen-bond donors (Lipinski definition) is 0. The number of rotatable bonds is 8. The van der Waals surface area contributed by atoms with Crippen LogP contribution in [0.15, 0.2) is 74.5 Å². The molecule has 0 radical (unpaired) electrons. The van der Waals surface area contributed by atoms with E-state index in [-0.39, 0.29) is 11.7 Å². The van der Waals surface area contributed by atoms with Gasteiger partial charge in [0.25, 0.3) is 5.56 Å². The third-order valence-electron chi connectivity index (χ3n) is 6.34. The molecule has 194 valence electrons. The Morgan fingerprint density at radius 3 is 2.35 bits per heavy atom. The van der Waals surface area contributed by atoms with Gasteiger partial charge in [-0.3, -0.25) is 9.36 Å². The van der Waals surface area contributed by atoms with Crippen LogP contribution in [0.4, 0.5) is 5.69 Å². The maximum Gasteiger partial charge on any atom is 0.338 e. The first-order valence-electron chi connectivity index (χ1n) is 12.5. The maximum atomic E-state index is 13.8. The van der Waals surface area contributed by atoms with Gasteiger partial charge in [-0.05, 0) is 82.3 Å². The van der Waals surface area contributed by atoms with Crippen LogP contribution in [0.3, 0.4) is 0 Å². The van der Waals surface area contributed by atoms with E-state index in [1.807, 2.05) is 69.5 Å². The Bertz CT molecular complexity index is 1480. The minimum atomic E-state index is -0.606. The predicted octanol–water partition coefficient (Wildman–Crippen LogP) is 4.75. The number of thioether (sulfide) groups is 1. The van der Waals surface area contributed by atoms with Gasteiger partial charge in [-0.25, -0.2) is 9.79 Å². The average Bonchev–Trinajstić information content (AvgIpc) is 3.18. The van der Waals surface area contributed by atoms with Gasteiger partial charge in [-0.15, -0.1) is 11.8 Å². The van der Waals surface area contributed by atoms with E-state index >= 15 is 0 Å². The van der Waals surface area contributed by atoms with E-state index in [0.29, 0.717) is 20.6 Å². The number of carbonyl (C=O) groups is 1. The summed E-state index contributed by atoms with van der Waals surface area (Å²) in [5, 5.41) is 0. The normalized spacial score (nSPS) is 15.5. The first-order chi connectivity index (χ1) is 17.8. The third-order valence-corrected chi connectivity index (χ3v) is 8.06. The highest BCUT2D eigenvalue weighted by molar-refractivity contribution is 7.98. The van der Waals surface area contributed by atoms with Crippen molar-refractivity contribution >= 4 is 40.8 Å². The number of carbonyl (C=O) groups excluding carboxylic acids is 1. The molecule has 1 aliphatic heterocycles. The van der Waals surface area contributed by atoms with Crippen LogP contribution in [0, 0.1) is 0 Å². The maximum absolute atomic E-state index is 13.8. The molecule has 1 atom stereocenters. The van der Waals surface area contributed by atoms with Crippen molar-refractivity contribution in [1.29, 1.82) is 0 Å². The molecular weight excluding hydrogens is 502 g/mol. The molecule has 3 aromatic rings. The molecule has 0 N–H and O–H groups in total. The lowest BCUT2D eigenvalue weighted by Gasteiger charge is -2.25. The molecule has 1 aromatic heterocycles. The highest BCUT2D eigenvalue weighted by atomic mass is 32.2. The van der Waals surface area contributed by atoms with Crippen LogP contribution < -0.4 is 19.8 Å². The number of ether oxygens (including phenoxy) is 1. The van der Waals surface area contributed by atoms with Gasteiger partial charge in [0.05, 0.1) is 27.9 Å². The van der Waals surface area contributed by atoms with Crippen molar-refractivity contribution in [1.82, 2.24) is 4.57 Å². The number of esters is 1. The molecule has 2 aromatic carbocycles. The van der Waals surface area contributed by atoms with E-state index in [9.17, 15) is 9.59 Å². The van der Waals surface area contributed by atoms with Gasteiger partial charge in [-0.1, -0.05) is 35.6 Å². The van der Waals surface area contributed by atoms with Gasteiger partial charge >= 0.3 is 5.97 Å². The summed E-state index contributed by atoms with van der Waals surface area (Å²) in [5.41, 5.74) is 3.74. The number of hydrogen-bond acceptors (Lipinski definition) is 7. The lowest BCUT2D eigenvalue weighted by Crippen LogP contribution is -2.40. The molecule has 4 rings (SSSR count). The summed E-state index contributed by atoms with van der Waals surface area (Å²) in [6.45, 7) is 11.6. The van der Waals surface area contributed by atoms with Crippen LogP contribution in [-0.4, -0.2) is 36.0 Å². The van der Waals surface area contributed by atoms with Gasteiger partial charge in [0, 0.05) is 23.7 Å². The van der Waals surface area contributed by atoms with Crippen molar-refractivity contribution in [3.8, 4) is 0 Å². The van der Waals surface area contributed by atoms with Gasteiger partial charge in [0.2, 0.25) is 0 Å². The van der Waals surface area contributed by atoms with Crippen LogP contribution in [-0.2, 0) is 9.53 Å². The van der Waals surface area contributed by atoms with Crippen LogP contribution in [0.5, 0.6) is 0 Å². The number of nitrogens with zero attached hydrogens (tertiary/aromatic N) is 3. The van der Waals surface area contributed by atoms with Gasteiger partial charge in [0.1, 0.15) is 0 Å². The molecule has 0 spiro atoms. The number of fused-ring (bicyclic) bond motifs is 1. The minimum Gasteiger partial charge on any atom is -0.459 e. The lowest BCUT2D eigenvalue weighted by molar-refractivity contribution is -0.143. The van der Waals surface area contributed by atoms with Crippen LogP contribution >= 0.6 is 23.1 Å². The highest BCUT2D eigenvalue weighted by Gasteiger charge is 2.33. The molecule has 6 nitrogen and oxygen atoms in total. The quantitative estimate of drug-likeness (QED) is 0.308. The second-order valence-corrected chi connectivity index (χ2v) is 11.0. The summed E-state index contributed by atoms with van der Waals surface area (Å²) >= 11 is 2.98. The van der Waals surface area contributed by atoms with E-state index in [2.05, 4.69) is 35.9 Å². The summed E-state index contributed by atoms with van der Waals surface area (Å²) in [5.74, 6) is -0.448. The Morgan fingerprint density at radius 1 is 1.14 bits per heavy atom. The Kier molecular flexibility index (Phi) is 8.39. The first-order valence-corrected chi connectivity index (χ1v) is 14.5. The second kappa shape index (κ2) is 11.5. The van der Waals surface area contributed by atoms with Gasteiger partial charge in [0.15, 0.2) is 4.80 Å². The molecule has 0 saturated heterocycles. The zero-order valence-corrected chi connectivity index (χ0v) is 23.8. The van der Waals surface area contributed by atoms with Crippen LogP contribution in [0.1, 0.15) is 51.8 Å². The number of anilines is 1. The van der Waals surface area contributed by atoms with Crippen molar-refractivity contribution in [3.63, 3.8) is 0 Å². The largest absolute Gasteiger partial charge is 0.459 e. The summed E-state index contributed by atoms with van der Waals surface area (Å²) in [7, 11) is 0. The molecule has 0 amide bonds. The molecule has 0 bridgehead atoms. The van der Waals surface area contributed by atoms with E-state index in [1.54, 1.807) is 16.3 Å². The summed E-state index contributed by atoms with van der Waals surface area (Å²) in [6, 6.07) is 15.6. The molecule has 0 fully saturated rings. The van der Waals surface area contributed by atoms with E-state index < -0.39 is 12.0 Å². The van der Waals surface area contributed by atoms with Gasteiger partial charge < -0.3 is 9.64 Å². The molecule has 8 heteroatoms. The zero-order valence-electron chi connectivity index (χ0n) is 22.1. The number of thiazole rings is 1. The molecule has 37 heavy (non-hydrogen) atoms. The SMILES string of the molecule is CCN(CC)c1ccc(/C=c2\sc3n(c2=O)[C@H](c2ccc(SC)cc2)C(C(=O)OC(C)C)=C(C)N=3)cc1. The summed E-state index contributed by atoms with van der Waals surface area (Å²) in [4.78, 5) is 35.6. The fourth-order valence-electron chi connectivity index (χ4n) is 4.48. The highest BCUT2D eigenvalue weighted by Crippen LogP contribution is 2.32. The van der Waals surface area contributed by atoms with Crippen molar-refractivity contribution in [2.45, 2.75) is 51.7 Å². The Hall–Kier alpha value is -3.10. The smallest absolute Gasteiger partial charge is 0.338 e. The monoisotopic (exact) mass is 535 g/mol. The number of benzene rings is 2. The van der Waals surface area contributed by atoms with E-state index in [1.165, 1.54) is 11.3 Å². The molecule has 2 heterocycles. The summed E-state index contributed by atoms with van der Waals surface area (Å²) in [6.07, 6.45) is 3.63. The molecule has 0 saturated carbocycles. The van der Waals surface area contributed by atoms with Crippen LogP contribution in [0.25, 0.3) is 6.08 Å². The minimum absolute atomic E-state index is 0.169. The molecule has 0 aliphatic carbocycles. The van der Waals surface area contributed by atoms with Crippen LogP contribution in [0.2, 0.25) is 0 Å². The predicted molar refractivity (Wildman–Crippen MR) is 153 cm³/mol. The standard InChI is InChI=1S/C29H33N3O3S2/c1-7-31(8-2)22-13-9-20(10-14-22)17-24-27(33)32-26(21-11-15-23(36-6)16-12-21)25(28(34)35-18(3)4)19(5)30-29(32)37-24/h9-18,26H,7-8H2,1-6H3/b24-17-/t26-/m1/s1. The first kappa shape index (κ1) is 26.9. The lowest BCUT2D eigenvalue weighted by atomic mass is 9.96. The van der Waals surface area contributed by atoms with E-state index in [0.717, 1.165) is 34.8 Å². The average molecular weight is 536 g/mol. The van der Waals surface area contributed by atoms with Crippen molar-refractivity contribution in [2.24, 2.45) is 4.99 Å². The Labute approximate surface area is 226 Å². The van der Waals surface area contributed by atoms with Crippen molar-refractivity contribution in [3.05, 3.63) is 90.6 Å². The Morgan fingerprint density at radius 2 is 1.78 bits per heavy atom. The topological polar surface area (TPSA) is 63.9 Å². The third kappa shape index (κ3) is 5.60. The van der Waals surface area contributed by atoms with Crippen molar-refractivity contribution < 1.29 is 9.53 Å².